The summed E-state index contributed by atoms with van der Waals surface area (Å²) < 4.78 is 0. The first-order valence-electron chi connectivity index (χ1n) is 5.98. The van der Waals surface area contributed by atoms with Gasteiger partial charge in [0.25, 0.3) is 0 Å². The highest BCUT2D eigenvalue weighted by molar-refractivity contribution is 5.29. The highest BCUT2D eigenvalue weighted by Gasteiger charge is 2.46. The molecule has 1 atom stereocenters. The number of hydrogen-bond donors (Lipinski definition) is 2. The van der Waals surface area contributed by atoms with Gasteiger partial charge in [-0.25, -0.2) is 0 Å². The van der Waals surface area contributed by atoms with Gasteiger partial charge in [0.05, 0.1) is 0 Å². The molecule has 0 aromatic heterocycles. The van der Waals surface area contributed by atoms with Crippen molar-refractivity contribution in [1.29, 1.82) is 0 Å². The van der Waals surface area contributed by atoms with Crippen molar-refractivity contribution in [3.8, 4) is 0 Å². The third-order valence-corrected chi connectivity index (χ3v) is 4.41. The summed E-state index contributed by atoms with van der Waals surface area (Å²) in [4.78, 5) is 0. The van der Waals surface area contributed by atoms with Crippen molar-refractivity contribution in [2.24, 2.45) is 17.1 Å². The summed E-state index contributed by atoms with van der Waals surface area (Å²) in [6.45, 7) is 2.33. The summed E-state index contributed by atoms with van der Waals surface area (Å²) in [6, 6.07) is 0.386. The van der Waals surface area contributed by atoms with E-state index in [4.69, 9.17) is 5.73 Å². The lowest BCUT2D eigenvalue weighted by Gasteiger charge is -2.38. The van der Waals surface area contributed by atoms with Crippen LogP contribution in [-0.2, 0) is 0 Å². The van der Waals surface area contributed by atoms with Crippen LogP contribution in [0.4, 0.5) is 0 Å². The van der Waals surface area contributed by atoms with E-state index in [0.29, 0.717) is 11.5 Å². The fourth-order valence-corrected chi connectivity index (χ4v) is 3.21. The van der Waals surface area contributed by atoms with E-state index in [1.807, 2.05) is 0 Å². The summed E-state index contributed by atoms with van der Waals surface area (Å²) in [6.07, 6.45) is 9.07. The second-order valence-electron chi connectivity index (χ2n) is 5.27. The van der Waals surface area contributed by atoms with Gasteiger partial charge in [-0.15, -0.1) is 0 Å². The normalized spacial score (nSPS) is 36.1. The van der Waals surface area contributed by atoms with Crippen LogP contribution in [0.5, 0.6) is 0 Å². The van der Waals surface area contributed by atoms with Crippen molar-refractivity contribution in [3.63, 3.8) is 0 Å². The summed E-state index contributed by atoms with van der Waals surface area (Å²) in [7, 11) is 0. The van der Waals surface area contributed by atoms with Crippen molar-refractivity contribution >= 4 is 0 Å². The number of nitrogens with one attached hydrogen (secondary N) is 1. The molecule has 0 aromatic carbocycles. The topological polar surface area (TPSA) is 38.0 Å². The van der Waals surface area contributed by atoms with Gasteiger partial charge in [0.2, 0.25) is 0 Å². The molecule has 1 unspecified atom stereocenters. The number of allylic oxidation sites excluding steroid dienone is 1. The Morgan fingerprint density at radius 3 is 2.64 bits per heavy atom. The fourth-order valence-electron chi connectivity index (χ4n) is 3.21. The Balaban J connectivity index is 1.77. The molecule has 78 valence electrons. The average molecular weight is 192 g/mol. The minimum atomic E-state index is 0.386. The molecule has 2 heteroatoms. The summed E-state index contributed by atoms with van der Waals surface area (Å²) in [5.41, 5.74) is 8.48. The van der Waals surface area contributed by atoms with Gasteiger partial charge in [0.1, 0.15) is 0 Å². The first-order chi connectivity index (χ1) is 6.82. The molecule has 1 spiro atoms. The van der Waals surface area contributed by atoms with E-state index in [-0.39, 0.29) is 0 Å². The van der Waals surface area contributed by atoms with Crippen LogP contribution in [0.25, 0.3) is 0 Å². The van der Waals surface area contributed by atoms with Crippen molar-refractivity contribution in [2.75, 3.05) is 13.1 Å². The van der Waals surface area contributed by atoms with Gasteiger partial charge in [0.15, 0.2) is 0 Å². The van der Waals surface area contributed by atoms with Gasteiger partial charge >= 0.3 is 0 Å². The minimum absolute atomic E-state index is 0.386. The molecule has 14 heavy (non-hydrogen) atoms. The lowest BCUT2D eigenvalue weighted by atomic mass is 9.72. The average Bonchev–Trinajstić information content (AvgIpc) is 3.00. The van der Waals surface area contributed by atoms with E-state index < -0.39 is 0 Å². The molecular formula is C12H20N2. The Kier molecular flexibility index (Phi) is 1.96. The van der Waals surface area contributed by atoms with Gasteiger partial charge in [-0.2, -0.15) is 0 Å². The van der Waals surface area contributed by atoms with Crippen LogP contribution in [0.2, 0.25) is 0 Å². The van der Waals surface area contributed by atoms with Crippen molar-refractivity contribution in [2.45, 2.75) is 38.1 Å². The lowest BCUT2D eigenvalue weighted by molar-refractivity contribution is 0.189. The predicted molar refractivity (Wildman–Crippen MR) is 57.9 cm³/mol. The minimum Gasteiger partial charge on any atom is -0.324 e. The molecule has 3 N–H and O–H groups in total. The second-order valence-corrected chi connectivity index (χ2v) is 5.27. The third kappa shape index (κ3) is 1.24. The van der Waals surface area contributed by atoms with Crippen LogP contribution in [0.15, 0.2) is 11.6 Å². The maximum atomic E-state index is 6.43. The Hall–Kier alpha value is -0.340. The Labute approximate surface area is 85.9 Å². The molecule has 1 heterocycles. The first-order valence-corrected chi connectivity index (χ1v) is 5.98. The predicted octanol–water partition coefficient (Wildman–Crippen LogP) is 1.42. The smallest absolute Gasteiger partial charge is 0.0317 e. The monoisotopic (exact) mass is 192 g/mol. The van der Waals surface area contributed by atoms with Crippen molar-refractivity contribution < 1.29 is 0 Å². The molecule has 2 nitrogen and oxygen atoms in total. The molecular weight excluding hydrogens is 172 g/mol. The Morgan fingerprint density at radius 2 is 2.00 bits per heavy atom. The zero-order valence-corrected chi connectivity index (χ0v) is 8.76. The molecule has 0 amide bonds. The number of hydrogen-bond acceptors (Lipinski definition) is 2. The van der Waals surface area contributed by atoms with Gasteiger partial charge in [-0.3, -0.25) is 0 Å². The molecule has 3 rings (SSSR count). The molecule has 0 aromatic rings. The highest BCUT2D eigenvalue weighted by Crippen LogP contribution is 2.50. The number of nitrogens with two attached hydrogens (primary N) is 1. The quantitative estimate of drug-likeness (QED) is 0.617. The van der Waals surface area contributed by atoms with Crippen LogP contribution in [-0.4, -0.2) is 19.1 Å². The largest absolute Gasteiger partial charge is 0.324 e. The van der Waals surface area contributed by atoms with E-state index in [1.54, 1.807) is 5.57 Å². The van der Waals surface area contributed by atoms with Gasteiger partial charge in [-0.1, -0.05) is 11.6 Å². The van der Waals surface area contributed by atoms with E-state index in [9.17, 15) is 0 Å². The first kappa shape index (κ1) is 8.93. The molecule has 0 radical (unpaired) electrons. The SMILES string of the molecule is NC1C(C2CC2)=CCC12CCNCC2. The van der Waals surface area contributed by atoms with Crippen molar-refractivity contribution in [3.05, 3.63) is 11.6 Å². The highest BCUT2D eigenvalue weighted by atomic mass is 14.9. The zero-order chi connectivity index (χ0) is 9.60. The Bertz CT molecular complexity index is 259. The van der Waals surface area contributed by atoms with Crippen LogP contribution < -0.4 is 11.1 Å². The summed E-state index contributed by atoms with van der Waals surface area (Å²) in [5.74, 6) is 0.874. The molecule has 2 aliphatic carbocycles. The maximum Gasteiger partial charge on any atom is 0.0317 e. The zero-order valence-electron chi connectivity index (χ0n) is 8.76. The van der Waals surface area contributed by atoms with Crippen LogP contribution in [0, 0.1) is 11.3 Å². The van der Waals surface area contributed by atoms with Gasteiger partial charge in [0, 0.05) is 6.04 Å². The molecule has 3 aliphatic rings. The summed E-state index contributed by atoms with van der Waals surface area (Å²) in [5, 5.41) is 3.44. The summed E-state index contributed by atoms with van der Waals surface area (Å²) >= 11 is 0. The van der Waals surface area contributed by atoms with Crippen LogP contribution in [0.3, 0.4) is 0 Å². The third-order valence-electron chi connectivity index (χ3n) is 4.41. The van der Waals surface area contributed by atoms with Crippen molar-refractivity contribution in [1.82, 2.24) is 5.32 Å². The number of rotatable bonds is 1. The Morgan fingerprint density at radius 1 is 1.29 bits per heavy atom. The van der Waals surface area contributed by atoms with E-state index in [1.165, 1.54) is 45.2 Å². The molecule has 1 saturated heterocycles. The lowest BCUT2D eigenvalue weighted by Crippen LogP contribution is -2.46. The molecule has 2 fully saturated rings. The molecule has 0 bridgehead atoms. The standard InChI is InChI=1S/C12H20N2/c13-11-10(9-1-2-9)3-4-12(11)5-7-14-8-6-12/h3,9,11,14H,1-2,4-8,13H2. The molecule has 1 aliphatic heterocycles. The second kappa shape index (κ2) is 3.07. The fraction of sp³-hybridized carbons (Fsp3) is 0.833. The van der Waals surface area contributed by atoms with Gasteiger partial charge < -0.3 is 11.1 Å². The van der Waals surface area contributed by atoms with Crippen LogP contribution >= 0.6 is 0 Å². The van der Waals surface area contributed by atoms with E-state index in [0.717, 1.165) is 5.92 Å². The van der Waals surface area contributed by atoms with E-state index in [2.05, 4.69) is 11.4 Å². The van der Waals surface area contributed by atoms with E-state index >= 15 is 0 Å². The van der Waals surface area contributed by atoms with Crippen LogP contribution in [0.1, 0.15) is 32.1 Å². The maximum absolute atomic E-state index is 6.43. The van der Waals surface area contributed by atoms with Gasteiger partial charge in [-0.05, 0) is 56.5 Å². The molecule has 1 saturated carbocycles. The number of piperidine rings is 1.